The monoisotopic (exact) mass is 782 g/mol. The highest BCUT2D eigenvalue weighted by Gasteiger charge is 2.20. The van der Waals surface area contributed by atoms with Crippen LogP contribution in [0.15, 0.2) is 186 Å². The van der Waals surface area contributed by atoms with Crippen molar-refractivity contribution in [1.82, 2.24) is 19.9 Å². The predicted octanol–water partition coefficient (Wildman–Crippen LogP) is 14.8. The number of aromatic nitrogens is 4. The van der Waals surface area contributed by atoms with Gasteiger partial charge in [0.15, 0.2) is 23.1 Å². The highest BCUT2D eigenvalue weighted by atomic mass is 32.1. The van der Waals surface area contributed by atoms with E-state index in [1.165, 1.54) is 37.0 Å². The Kier molecular flexibility index (Phi) is 7.11. The Labute approximate surface area is 346 Å². The molecule has 3 aromatic heterocycles. The minimum absolute atomic E-state index is 0.612. The molecule has 13 rings (SSSR count). The molecule has 0 amide bonds. The lowest BCUT2D eigenvalue weighted by Gasteiger charge is -2.13. The molecule has 0 fully saturated rings. The van der Waals surface area contributed by atoms with Crippen molar-refractivity contribution in [2.75, 3.05) is 0 Å². The van der Waals surface area contributed by atoms with Crippen molar-refractivity contribution in [3.8, 4) is 45.6 Å². The van der Waals surface area contributed by atoms with Gasteiger partial charge in [-0.05, 0) is 96.3 Å². The molecule has 0 N–H and O–H groups in total. The standard InChI is InChI=1S/C54H30N4OS/c1-2-12-33(13-3-1)54-55-45-26-28-47-49(50(45)59-54)48-43-29-34(22-21-32(43)24-27-46(48)60-47)51-56-52(58-53(57-51)42-20-10-14-31-11-4-5-15-36(31)42)35-23-25-41-39-18-7-6-16-37(39)38-17-8-9-19-40(38)44(41)30-35/h1-30H. The van der Waals surface area contributed by atoms with Gasteiger partial charge in [0.2, 0.25) is 5.89 Å². The van der Waals surface area contributed by atoms with Gasteiger partial charge in [-0.2, -0.15) is 0 Å². The number of hydrogen-bond acceptors (Lipinski definition) is 6. The summed E-state index contributed by atoms with van der Waals surface area (Å²) in [5.41, 5.74) is 5.40. The lowest BCUT2D eigenvalue weighted by molar-refractivity contribution is 0.623. The SMILES string of the molecule is c1ccc(-c2nc3ccc4sc5ccc6ccc(-c7nc(-c8ccc9c%10ccccc%10c%10ccccc%10c9c8)nc(-c8cccc9ccccc89)n7)cc6c5c4c3o2)cc1. The predicted molar refractivity (Wildman–Crippen MR) is 250 cm³/mol. The smallest absolute Gasteiger partial charge is 0.227 e. The molecule has 0 bridgehead atoms. The fourth-order valence-electron chi connectivity index (χ4n) is 9.12. The van der Waals surface area contributed by atoms with Crippen molar-refractivity contribution in [1.29, 1.82) is 0 Å². The first-order valence-corrected chi connectivity index (χ1v) is 20.9. The third kappa shape index (κ3) is 5.04. The van der Waals surface area contributed by atoms with Crippen LogP contribution in [0.25, 0.3) is 131 Å². The molecule has 278 valence electrons. The zero-order valence-corrected chi connectivity index (χ0v) is 32.7. The van der Waals surface area contributed by atoms with Gasteiger partial charge < -0.3 is 4.42 Å². The van der Waals surface area contributed by atoms with Gasteiger partial charge >= 0.3 is 0 Å². The molecule has 6 heteroatoms. The second kappa shape index (κ2) is 12.9. The van der Waals surface area contributed by atoms with Gasteiger partial charge in [-0.1, -0.05) is 140 Å². The van der Waals surface area contributed by atoms with Crippen LogP contribution in [0, 0.1) is 0 Å². The number of fused-ring (bicyclic) bond motifs is 14. The van der Waals surface area contributed by atoms with E-state index >= 15 is 0 Å². The van der Waals surface area contributed by atoms with E-state index in [2.05, 4.69) is 152 Å². The van der Waals surface area contributed by atoms with E-state index in [0.29, 0.717) is 23.4 Å². The van der Waals surface area contributed by atoms with Gasteiger partial charge in [-0.15, -0.1) is 11.3 Å². The van der Waals surface area contributed by atoms with Gasteiger partial charge in [0.05, 0.1) is 0 Å². The highest BCUT2D eigenvalue weighted by molar-refractivity contribution is 7.26. The molecule has 0 aliphatic heterocycles. The summed E-state index contributed by atoms with van der Waals surface area (Å²) in [7, 11) is 0. The van der Waals surface area contributed by atoms with Crippen LogP contribution in [0.3, 0.4) is 0 Å². The van der Waals surface area contributed by atoms with Crippen LogP contribution < -0.4 is 0 Å². The van der Waals surface area contributed by atoms with Crippen molar-refractivity contribution >= 4 is 96.5 Å². The second-order valence-electron chi connectivity index (χ2n) is 15.3. The van der Waals surface area contributed by atoms with Crippen molar-refractivity contribution in [2.24, 2.45) is 0 Å². The Morgan fingerprint density at radius 3 is 1.67 bits per heavy atom. The summed E-state index contributed by atoms with van der Waals surface area (Å²) in [6.45, 7) is 0. The average molecular weight is 783 g/mol. The van der Waals surface area contributed by atoms with Crippen LogP contribution in [0.1, 0.15) is 0 Å². The fraction of sp³-hybridized carbons (Fsp3) is 0. The molecule has 0 aliphatic carbocycles. The van der Waals surface area contributed by atoms with E-state index in [0.717, 1.165) is 70.4 Å². The van der Waals surface area contributed by atoms with E-state index in [1.807, 2.05) is 30.3 Å². The lowest BCUT2D eigenvalue weighted by atomic mass is 9.93. The van der Waals surface area contributed by atoms with Crippen LogP contribution in [-0.4, -0.2) is 19.9 Å². The number of oxazole rings is 1. The van der Waals surface area contributed by atoms with E-state index in [1.54, 1.807) is 11.3 Å². The Bertz CT molecular complexity index is 3870. The molecule has 3 heterocycles. The number of nitrogens with zero attached hydrogens (tertiary/aromatic N) is 4. The van der Waals surface area contributed by atoms with Crippen LogP contribution in [0.5, 0.6) is 0 Å². The molecule has 13 aromatic rings. The number of hydrogen-bond donors (Lipinski definition) is 0. The van der Waals surface area contributed by atoms with Gasteiger partial charge in [0, 0.05) is 42.4 Å². The van der Waals surface area contributed by atoms with Crippen molar-refractivity contribution in [3.63, 3.8) is 0 Å². The normalized spacial score (nSPS) is 12.0. The topological polar surface area (TPSA) is 64.7 Å². The van der Waals surface area contributed by atoms with Crippen molar-refractivity contribution in [2.45, 2.75) is 0 Å². The molecule has 0 radical (unpaired) electrons. The summed E-state index contributed by atoms with van der Waals surface area (Å²) in [5.74, 6) is 2.48. The maximum Gasteiger partial charge on any atom is 0.227 e. The molecule has 0 saturated heterocycles. The Hall–Kier alpha value is -7.80. The van der Waals surface area contributed by atoms with Crippen LogP contribution in [0.2, 0.25) is 0 Å². The average Bonchev–Trinajstić information content (AvgIpc) is 3.94. The Balaban J connectivity index is 1.06. The number of rotatable bonds is 4. The molecule has 60 heavy (non-hydrogen) atoms. The van der Waals surface area contributed by atoms with Gasteiger partial charge in [-0.3, -0.25) is 0 Å². The zero-order valence-electron chi connectivity index (χ0n) is 31.9. The second-order valence-corrected chi connectivity index (χ2v) is 16.4. The maximum absolute atomic E-state index is 6.61. The Morgan fingerprint density at radius 2 is 0.900 bits per heavy atom. The first-order chi connectivity index (χ1) is 29.7. The molecule has 0 atom stereocenters. The minimum Gasteiger partial charge on any atom is -0.435 e. The minimum atomic E-state index is 0.612. The molecular formula is C54H30N4OS. The van der Waals surface area contributed by atoms with Gasteiger partial charge in [0.25, 0.3) is 0 Å². The molecule has 0 aliphatic rings. The van der Waals surface area contributed by atoms with E-state index in [4.69, 9.17) is 24.4 Å². The van der Waals surface area contributed by atoms with E-state index < -0.39 is 0 Å². The molecular weight excluding hydrogens is 753 g/mol. The van der Waals surface area contributed by atoms with E-state index in [-0.39, 0.29) is 0 Å². The molecule has 0 spiro atoms. The van der Waals surface area contributed by atoms with Crippen LogP contribution >= 0.6 is 11.3 Å². The summed E-state index contributed by atoms with van der Waals surface area (Å²) >= 11 is 1.77. The van der Waals surface area contributed by atoms with Crippen molar-refractivity contribution in [3.05, 3.63) is 182 Å². The fourth-order valence-corrected chi connectivity index (χ4v) is 10.2. The molecule has 10 aromatic carbocycles. The van der Waals surface area contributed by atoms with Gasteiger partial charge in [-0.25, -0.2) is 19.9 Å². The maximum atomic E-state index is 6.61. The number of benzene rings is 10. The first-order valence-electron chi connectivity index (χ1n) is 20.0. The summed E-state index contributed by atoms with van der Waals surface area (Å²) in [6.07, 6.45) is 0. The third-order valence-corrected chi connectivity index (χ3v) is 13.0. The summed E-state index contributed by atoms with van der Waals surface area (Å²) in [6, 6.07) is 64.0. The van der Waals surface area contributed by atoms with Crippen LogP contribution in [0.4, 0.5) is 0 Å². The summed E-state index contributed by atoms with van der Waals surface area (Å²) in [4.78, 5) is 20.8. The van der Waals surface area contributed by atoms with Gasteiger partial charge in [0.1, 0.15) is 5.52 Å². The molecule has 5 nitrogen and oxygen atoms in total. The first kappa shape index (κ1) is 33.2. The van der Waals surface area contributed by atoms with Crippen LogP contribution in [-0.2, 0) is 0 Å². The summed E-state index contributed by atoms with van der Waals surface area (Å²) < 4.78 is 8.95. The third-order valence-electron chi connectivity index (χ3n) is 11.9. The quantitative estimate of drug-likeness (QED) is 0.166. The summed E-state index contributed by atoms with van der Waals surface area (Å²) in [5, 5.41) is 14.0. The lowest BCUT2D eigenvalue weighted by Crippen LogP contribution is -2.00. The highest BCUT2D eigenvalue weighted by Crippen LogP contribution is 2.44. The largest absolute Gasteiger partial charge is 0.435 e. The van der Waals surface area contributed by atoms with E-state index in [9.17, 15) is 0 Å². The Morgan fingerprint density at radius 1 is 0.350 bits per heavy atom. The molecule has 0 saturated carbocycles. The zero-order chi connectivity index (χ0) is 39.3. The van der Waals surface area contributed by atoms with Crippen molar-refractivity contribution < 1.29 is 4.42 Å². The number of thiophene rings is 1. The molecule has 0 unspecified atom stereocenters.